The average Bonchev–Trinajstić information content (AvgIpc) is 2.95. The van der Waals surface area contributed by atoms with Crippen LogP contribution in [0, 0.1) is 0 Å². The van der Waals surface area contributed by atoms with Crippen LogP contribution >= 0.6 is 0 Å². The van der Waals surface area contributed by atoms with Crippen molar-refractivity contribution in [3.8, 4) is 0 Å². The first-order chi connectivity index (χ1) is 9.54. The molecule has 1 amide bonds. The number of carboxylic acid groups (broad SMARTS) is 1. The second-order valence-electron chi connectivity index (χ2n) is 5.27. The van der Waals surface area contributed by atoms with Crippen LogP contribution in [0.3, 0.4) is 0 Å². The van der Waals surface area contributed by atoms with Gasteiger partial charge in [-0.25, -0.2) is 4.79 Å². The van der Waals surface area contributed by atoms with E-state index in [0.717, 1.165) is 25.0 Å². The van der Waals surface area contributed by atoms with E-state index in [1.165, 1.54) is 4.90 Å². The molecule has 2 heterocycles. The van der Waals surface area contributed by atoms with E-state index in [9.17, 15) is 14.7 Å². The Bertz CT molecular complexity index is 497. The Balaban J connectivity index is 2.17. The summed E-state index contributed by atoms with van der Waals surface area (Å²) >= 11 is 0. The molecule has 2 rings (SSSR count). The maximum atomic E-state index is 12.4. The fourth-order valence-corrected chi connectivity index (χ4v) is 2.40. The van der Waals surface area contributed by atoms with E-state index in [1.54, 1.807) is 6.07 Å². The van der Waals surface area contributed by atoms with Gasteiger partial charge in [0.2, 0.25) is 5.76 Å². The highest BCUT2D eigenvalue weighted by Gasteiger charge is 2.34. The Hall–Kier alpha value is -1.85. The molecule has 1 fully saturated rings. The molecule has 6 nitrogen and oxygen atoms in total. The van der Waals surface area contributed by atoms with Gasteiger partial charge in [0.1, 0.15) is 6.04 Å². The van der Waals surface area contributed by atoms with Crippen LogP contribution in [0.15, 0.2) is 10.6 Å². The maximum absolute atomic E-state index is 12.4. The Morgan fingerprint density at radius 2 is 2.30 bits per heavy atom. The van der Waals surface area contributed by atoms with Crippen molar-refractivity contribution < 1.29 is 19.2 Å². The standard InChI is InChI=1S/C14H20N2O4/c1-3-9(2)10-8-12(20-15-10)13(17)16-7-5-4-6-11(16)14(18)19/h8-9,11H,3-7H2,1-2H3,(H,18,19)/t9?,11-/m1/s1. The van der Waals surface area contributed by atoms with Gasteiger partial charge in [-0.3, -0.25) is 4.79 Å². The molecular weight excluding hydrogens is 260 g/mol. The number of carboxylic acids is 1. The molecule has 6 heteroatoms. The summed E-state index contributed by atoms with van der Waals surface area (Å²) in [6, 6.07) is 0.873. The molecule has 2 atom stereocenters. The van der Waals surface area contributed by atoms with Crippen LogP contribution in [0.25, 0.3) is 0 Å². The number of carbonyl (C=O) groups is 2. The van der Waals surface area contributed by atoms with Crippen LogP contribution in [0.1, 0.15) is 61.7 Å². The number of rotatable bonds is 4. The molecule has 1 aromatic heterocycles. The van der Waals surface area contributed by atoms with E-state index in [-0.39, 0.29) is 17.6 Å². The fourth-order valence-electron chi connectivity index (χ4n) is 2.40. The summed E-state index contributed by atoms with van der Waals surface area (Å²) in [5, 5.41) is 13.1. The average molecular weight is 280 g/mol. The second kappa shape index (κ2) is 6.07. The van der Waals surface area contributed by atoms with Gasteiger partial charge in [0.05, 0.1) is 5.69 Å². The van der Waals surface area contributed by atoms with E-state index in [4.69, 9.17) is 4.52 Å². The minimum Gasteiger partial charge on any atom is -0.480 e. The molecule has 0 bridgehead atoms. The smallest absolute Gasteiger partial charge is 0.326 e. The summed E-state index contributed by atoms with van der Waals surface area (Å²) in [6.07, 6.45) is 3.05. The van der Waals surface area contributed by atoms with Gasteiger partial charge >= 0.3 is 5.97 Å². The van der Waals surface area contributed by atoms with Gasteiger partial charge in [0.15, 0.2) is 0 Å². The van der Waals surface area contributed by atoms with Crippen molar-refractivity contribution >= 4 is 11.9 Å². The van der Waals surface area contributed by atoms with E-state index in [0.29, 0.717) is 13.0 Å². The molecule has 0 radical (unpaired) electrons. The summed E-state index contributed by atoms with van der Waals surface area (Å²) in [5.41, 5.74) is 0.736. The highest BCUT2D eigenvalue weighted by molar-refractivity contribution is 5.94. The van der Waals surface area contributed by atoms with Crippen molar-refractivity contribution in [1.82, 2.24) is 10.1 Å². The molecule has 20 heavy (non-hydrogen) atoms. The van der Waals surface area contributed by atoms with Gasteiger partial charge in [0, 0.05) is 18.5 Å². The van der Waals surface area contributed by atoms with Crippen LogP contribution in [-0.4, -0.2) is 39.6 Å². The lowest BCUT2D eigenvalue weighted by atomic mass is 10.0. The van der Waals surface area contributed by atoms with Gasteiger partial charge in [-0.2, -0.15) is 0 Å². The van der Waals surface area contributed by atoms with Crippen molar-refractivity contribution in [2.45, 2.75) is 51.5 Å². The molecule has 1 N–H and O–H groups in total. The number of aromatic nitrogens is 1. The lowest BCUT2D eigenvalue weighted by molar-refractivity contribution is -0.143. The zero-order chi connectivity index (χ0) is 14.7. The maximum Gasteiger partial charge on any atom is 0.326 e. The van der Waals surface area contributed by atoms with Crippen LogP contribution < -0.4 is 0 Å². The van der Waals surface area contributed by atoms with Gasteiger partial charge in [-0.1, -0.05) is 19.0 Å². The van der Waals surface area contributed by atoms with Gasteiger partial charge in [-0.05, 0) is 25.7 Å². The van der Waals surface area contributed by atoms with Gasteiger partial charge in [-0.15, -0.1) is 0 Å². The van der Waals surface area contributed by atoms with Crippen molar-refractivity contribution in [3.05, 3.63) is 17.5 Å². The fraction of sp³-hybridized carbons (Fsp3) is 0.643. The SMILES string of the molecule is CCC(C)c1cc(C(=O)N2CCCC[C@@H]2C(=O)O)on1. The molecule has 0 saturated carbocycles. The number of carbonyl (C=O) groups excluding carboxylic acids is 1. The largest absolute Gasteiger partial charge is 0.480 e. The molecule has 0 spiro atoms. The van der Waals surface area contributed by atoms with Gasteiger partial charge in [0.25, 0.3) is 5.91 Å². The number of nitrogens with zero attached hydrogens (tertiary/aromatic N) is 2. The molecule has 110 valence electrons. The minimum atomic E-state index is -0.959. The minimum absolute atomic E-state index is 0.133. The third-order valence-corrected chi connectivity index (χ3v) is 3.91. The molecular formula is C14H20N2O4. The zero-order valence-electron chi connectivity index (χ0n) is 11.8. The number of aliphatic carboxylic acids is 1. The Kier molecular flexibility index (Phi) is 4.42. The summed E-state index contributed by atoms with van der Waals surface area (Å²) in [7, 11) is 0. The molecule has 1 saturated heterocycles. The highest BCUT2D eigenvalue weighted by Crippen LogP contribution is 2.23. The van der Waals surface area contributed by atoms with E-state index in [2.05, 4.69) is 5.16 Å². The Labute approximate surface area is 117 Å². The van der Waals surface area contributed by atoms with Gasteiger partial charge < -0.3 is 14.5 Å². The first kappa shape index (κ1) is 14.6. The predicted octanol–water partition coefficient (Wildman–Crippen LogP) is 2.27. The number of amides is 1. The first-order valence-electron chi connectivity index (χ1n) is 7.05. The molecule has 0 aliphatic carbocycles. The monoisotopic (exact) mass is 280 g/mol. The summed E-state index contributed by atoms with van der Waals surface area (Å²) in [4.78, 5) is 25.0. The van der Waals surface area contributed by atoms with Crippen molar-refractivity contribution in [1.29, 1.82) is 0 Å². The summed E-state index contributed by atoms with van der Waals surface area (Å²) in [5.74, 6) is -0.982. The highest BCUT2D eigenvalue weighted by atomic mass is 16.5. The molecule has 0 aromatic carbocycles. The number of piperidine rings is 1. The van der Waals surface area contributed by atoms with Crippen LogP contribution in [-0.2, 0) is 4.79 Å². The van der Waals surface area contributed by atoms with E-state index >= 15 is 0 Å². The zero-order valence-corrected chi connectivity index (χ0v) is 11.8. The normalized spacial score (nSPS) is 20.7. The summed E-state index contributed by atoms with van der Waals surface area (Å²) < 4.78 is 5.10. The van der Waals surface area contributed by atoms with Crippen molar-refractivity contribution in [3.63, 3.8) is 0 Å². The molecule has 1 aromatic rings. The summed E-state index contributed by atoms with van der Waals surface area (Å²) in [6.45, 7) is 4.49. The lowest BCUT2D eigenvalue weighted by Crippen LogP contribution is -2.47. The van der Waals surface area contributed by atoms with Crippen molar-refractivity contribution in [2.24, 2.45) is 0 Å². The van der Waals surface area contributed by atoms with E-state index < -0.39 is 12.0 Å². The quantitative estimate of drug-likeness (QED) is 0.914. The molecule has 1 aliphatic rings. The van der Waals surface area contributed by atoms with Crippen LogP contribution in [0.2, 0.25) is 0 Å². The Morgan fingerprint density at radius 1 is 1.55 bits per heavy atom. The molecule has 1 aliphatic heterocycles. The lowest BCUT2D eigenvalue weighted by Gasteiger charge is -2.31. The number of hydrogen-bond donors (Lipinski definition) is 1. The predicted molar refractivity (Wildman–Crippen MR) is 71.5 cm³/mol. The van der Waals surface area contributed by atoms with E-state index in [1.807, 2.05) is 13.8 Å². The third-order valence-electron chi connectivity index (χ3n) is 3.91. The Morgan fingerprint density at radius 3 is 2.95 bits per heavy atom. The van der Waals surface area contributed by atoms with Crippen LogP contribution in [0.4, 0.5) is 0 Å². The number of likely N-dealkylation sites (tertiary alicyclic amines) is 1. The van der Waals surface area contributed by atoms with Crippen molar-refractivity contribution in [2.75, 3.05) is 6.54 Å². The first-order valence-corrected chi connectivity index (χ1v) is 7.05. The third kappa shape index (κ3) is 2.84. The van der Waals surface area contributed by atoms with Crippen LogP contribution in [0.5, 0.6) is 0 Å². The molecule has 1 unspecified atom stereocenters. The topological polar surface area (TPSA) is 83.6 Å². The second-order valence-corrected chi connectivity index (χ2v) is 5.27. The number of hydrogen-bond acceptors (Lipinski definition) is 4.